The van der Waals surface area contributed by atoms with Crippen LogP contribution < -0.4 is 5.73 Å². The first kappa shape index (κ1) is 10.1. The van der Waals surface area contributed by atoms with Gasteiger partial charge in [0.05, 0.1) is 24.1 Å². The first-order chi connectivity index (χ1) is 6.63. The Morgan fingerprint density at radius 2 is 2.50 bits per heavy atom. The predicted molar refractivity (Wildman–Crippen MR) is 49.0 cm³/mol. The molecule has 1 unspecified atom stereocenters. The molecule has 0 spiro atoms. The molecule has 2 N–H and O–H groups in total. The number of hydrogen-bond acceptors (Lipinski definition) is 4. The highest BCUT2D eigenvalue weighted by Crippen LogP contribution is 2.09. The van der Waals surface area contributed by atoms with Crippen molar-refractivity contribution in [3.05, 3.63) is 23.8 Å². The second-order valence-corrected chi connectivity index (χ2v) is 2.89. The van der Waals surface area contributed by atoms with Gasteiger partial charge in [-0.05, 0) is 13.0 Å². The van der Waals surface area contributed by atoms with Gasteiger partial charge in [-0.25, -0.2) is 9.97 Å². The zero-order chi connectivity index (χ0) is 10.6. The number of carbonyl (C=O) groups excluding carboxylic acids is 1. The summed E-state index contributed by atoms with van der Waals surface area (Å²) in [4.78, 5) is 18.5. The fourth-order valence-electron chi connectivity index (χ4n) is 0.963. The van der Waals surface area contributed by atoms with Crippen molar-refractivity contribution in [3.63, 3.8) is 0 Å². The summed E-state index contributed by atoms with van der Waals surface area (Å²) in [7, 11) is 0. The Balaban J connectivity index is 2.90. The van der Waals surface area contributed by atoms with Crippen molar-refractivity contribution < 1.29 is 4.79 Å². The topological polar surface area (TPSA) is 92.7 Å². The van der Waals surface area contributed by atoms with Crippen LogP contribution in [0, 0.1) is 11.3 Å². The molecule has 0 saturated carbocycles. The third kappa shape index (κ3) is 2.52. The first-order valence-corrected chi connectivity index (χ1v) is 4.13. The molecule has 1 amide bonds. The average Bonchev–Trinajstić information content (AvgIpc) is 2.16. The van der Waals surface area contributed by atoms with Crippen molar-refractivity contribution in [1.82, 2.24) is 9.97 Å². The molecule has 1 heterocycles. The molecule has 0 radical (unpaired) electrons. The number of nitrogens with zero attached hydrogens (tertiary/aromatic N) is 3. The lowest BCUT2D eigenvalue weighted by molar-refractivity contribution is -0.117. The van der Waals surface area contributed by atoms with Crippen molar-refractivity contribution in [3.8, 4) is 6.07 Å². The van der Waals surface area contributed by atoms with Crippen LogP contribution >= 0.6 is 0 Å². The van der Waals surface area contributed by atoms with Crippen molar-refractivity contribution in [2.45, 2.75) is 19.3 Å². The summed E-state index contributed by atoms with van der Waals surface area (Å²) in [5.74, 6) is -0.423. The summed E-state index contributed by atoms with van der Waals surface area (Å²) in [5, 5.41) is 8.66. The molecule has 1 aromatic heterocycles. The van der Waals surface area contributed by atoms with Crippen LogP contribution in [0.3, 0.4) is 0 Å². The Labute approximate surface area is 81.6 Å². The van der Waals surface area contributed by atoms with E-state index >= 15 is 0 Å². The highest BCUT2D eigenvalue weighted by Gasteiger charge is 2.08. The molecule has 1 atom stereocenters. The predicted octanol–water partition coefficient (Wildman–Crippen LogP) is 0.131. The molecule has 0 aliphatic rings. The Morgan fingerprint density at radius 1 is 1.79 bits per heavy atom. The summed E-state index contributed by atoms with van der Waals surface area (Å²) >= 11 is 0. The minimum Gasteiger partial charge on any atom is -0.369 e. The fourth-order valence-corrected chi connectivity index (χ4v) is 0.963. The van der Waals surface area contributed by atoms with Crippen molar-refractivity contribution in [1.29, 1.82) is 5.26 Å². The van der Waals surface area contributed by atoms with E-state index in [1.807, 2.05) is 0 Å². The van der Waals surface area contributed by atoms with Gasteiger partial charge < -0.3 is 5.73 Å². The Hall–Kier alpha value is -1.96. The molecule has 0 saturated heterocycles. The molecule has 1 aromatic rings. The van der Waals surface area contributed by atoms with Gasteiger partial charge in [0.15, 0.2) is 0 Å². The molecule has 0 bridgehead atoms. The van der Waals surface area contributed by atoms with Crippen LogP contribution in [-0.2, 0) is 11.2 Å². The van der Waals surface area contributed by atoms with Crippen LogP contribution in [0.4, 0.5) is 0 Å². The summed E-state index contributed by atoms with van der Waals surface area (Å²) in [6, 6.07) is 3.71. The van der Waals surface area contributed by atoms with Crippen LogP contribution in [0.5, 0.6) is 0 Å². The first-order valence-electron chi connectivity index (χ1n) is 4.13. The van der Waals surface area contributed by atoms with Crippen molar-refractivity contribution in [2.24, 2.45) is 5.73 Å². The highest BCUT2D eigenvalue weighted by atomic mass is 16.1. The maximum Gasteiger partial charge on any atom is 0.225 e. The van der Waals surface area contributed by atoms with Crippen LogP contribution in [0.25, 0.3) is 0 Å². The lowest BCUT2D eigenvalue weighted by Gasteiger charge is -2.02. The van der Waals surface area contributed by atoms with Gasteiger partial charge in [0.1, 0.15) is 5.82 Å². The Kier molecular flexibility index (Phi) is 3.13. The lowest BCUT2D eigenvalue weighted by Crippen LogP contribution is -2.16. The average molecular weight is 190 g/mol. The smallest absolute Gasteiger partial charge is 0.225 e. The number of nitrogens with two attached hydrogens (primary N) is 1. The van der Waals surface area contributed by atoms with E-state index in [9.17, 15) is 4.79 Å². The molecule has 5 heteroatoms. The summed E-state index contributed by atoms with van der Waals surface area (Å²) in [5.41, 5.74) is 5.61. The number of aromatic nitrogens is 2. The summed E-state index contributed by atoms with van der Waals surface area (Å²) in [6.07, 6.45) is 1.53. The molecule has 72 valence electrons. The minimum absolute atomic E-state index is 0.00594. The zero-order valence-corrected chi connectivity index (χ0v) is 7.77. The molecule has 0 fully saturated rings. The van der Waals surface area contributed by atoms with E-state index in [4.69, 9.17) is 11.0 Å². The van der Waals surface area contributed by atoms with Crippen molar-refractivity contribution >= 4 is 5.91 Å². The Bertz CT molecular complexity index is 383. The molecule has 0 aliphatic heterocycles. The molecule has 0 aliphatic carbocycles. The quantitative estimate of drug-likeness (QED) is 0.733. The molecular formula is C9H10N4O. The van der Waals surface area contributed by atoms with Gasteiger partial charge in [-0.3, -0.25) is 4.79 Å². The SMILES string of the molecule is CC(C#N)c1ccnc(CC(N)=O)n1. The second kappa shape index (κ2) is 4.33. The van der Waals surface area contributed by atoms with Crippen molar-refractivity contribution in [2.75, 3.05) is 0 Å². The zero-order valence-electron chi connectivity index (χ0n) is 7.77. The van der Waals surface area contributed by atoms with Gasteiger partial charge in [0.25, 0.3) is 0 Å². The summed E-state index contributed by atoms with van der Waals surface area (Å²) in [6.45, 7) is 1.73. The number of rotatable bonds is 3. The number of hydrogen-bond donors (Lipinski definition) is 1. The number of primary amides is 1. The Morgan fingerprint density at radius 3 is 3.07 bits per heavy atom. The fraction of sp³-hybridized carbons (Fsp3) is 0.333. The lowest BCUT2D eigenvalue weighted by atomic mass is 10.1. The monoisotopic (exact) mass is 190 g/mol. The second-order valence-electron chi connectivity index (χ2n) is 2.89. The molecule has 0 aromatic carbocycles. The van der Waals surface area contributed by atoms with Gasteiger partial charge in [-0.1, -0.05) is 0 Å². The van der Waals surface area contributed by atoms with Crippen LogP contribution in [-0.4, -0.2) is 15.9 Å². The molecule has 5 nitrogen and oxygen atoms in total. The van der Waals surface area contributed by atoms with Gasteiger partial charge in [-0.2, -0.15) is 5.26 Å². The van der Waals surface area contributed by atoms with Crippen LogP contribution in [0.1, 0.15) is 24.4 Å². The van der Waals surface area contributed by atoms with E-state index in [0.717, 1.165) is 0 Å². The van der Waals surface area contributed by atoms with E-state index in [2.05, 4.69) is 16.0 Å². The van der Waals surface area contributed by atoms with Gasteiger partial charge in [0, 0.05) is 6.20 Å². The van der Waals surface area contributed by atoms with Crippen LogP contribution in [0.15, 0.2) is 12.3 Å². The van der Waals surface area contributed by atoms with Gasteiger partial charge in [0.2, 0.25) is 5.91 Å². The van der Waals surface area contributed by atoms with E-state index in [-0.39, 0.29) is 12.3 Å². The maximum atomic E-state index is 10.6. The highest BCUT2D eigenvalue weighted by molar-refractivity contribution is 5.75. The summed E-state index contributed by atoms with van der Waals surface area (Å²) < 4.78 is 0. The molecule has 1 rings (SSSR count). The van der Waals surface area contributed by atoms with Gasteiger partial charge >= 0.3 is 0 Å². The maximum absolute atomic E-state index is 10.6. The third-order valence-electron chi connectivity index (χ3n) is 1.70. The number of nitriles is 1. The standard InChI is InChI=1S/C9H10N4O/c1-6(5-10)7-2-3-12-9(13-7)4-8(11)14/h2-3,6H,4H2,1H3,(H2,11,14). The largest absolute Gasteiger partial charge is 0.369 e. The number of carbonyl (C=O) groups is 1. The normalized spacial score (nSPS) is 11.7. The molecular weight excluding hydrogens is 180 g/mol. The minimum atomic E-state index is -0.480. The van der Waals surface area contributed by atoms with E-state index in [1.54, 1.807) is 13.0 Å². The third-order valence-corrected chi connectivity index (χ3v) is 1.70. The van der Waals surface area contributed by atoms with E-state index < -0.39 is 5.91 Å². The van der Waals surface area contributed by atoms with E-state index in [0.29, 0.717) is 11.5 Å². The molecule has 14 heavy (non-hydrogen) atoms. The number of amides is 1. The van der Waals surface area contributed by atoms with Gasteiger partial charge in [-0.15, -0.1) is 0 Å². The van der Waals surface area contributed by atoms with E-state index in [1.165, 1.54) is 6.20 Å². The van der Waals surface area contributed by atoms with Crippen LogP contribution in [0.2, 0.25) is 0 Å².